The molecular weight excluding hydrogens is 604 g/mol. The van der Waals surface area contributed by atoms with Crippen LogP contribution >= 0.6 is 0 Å². The molecule has 0 saturated carbocycles. The topological polar surface area (TPSA) is 218 Å². The van der Waals surface area contributed by atoms with Gasteiger partial charge in [-0.05, 0) is 41.8 Å². The van der Waals surface area contributed by atoms with Gasteiger partial charge in [-0.3, -0.25) is 9.11 Å². The number of fused-ring (bicyclic) bond motifs is 1. The largest absolute Gasteiger partial charge is 0.507 e. The molecule has 0 aliphatic rings. The van der Waals surface area contributed by atoms with E-state index < -0.39 is 41.5 Å². The third-order valence-electron chi connectivity index (χ3n) is 5.40. The Morgan fingerprint density at radius 3 is 1.97 bits per heavy atom. The molecule has 16 heteroatoms. The van der Waals surface area contributed by atoms with Gasteiger partial charge in [0.15, 0.2) is 5.75 Å². The predicted octanol–water partition coefficient (Wildman–Crippen LogP) is 4.65. The van der Waals surface area contributed by atoms with Crippen LogP contribution in [0.4, 0.5) is 28.4 Å². The van der Waals surface area contributed by atoms with E-state index in [4.69, 9.17) is 0 Å². The number of nitrogens with zero attached hydrogens (tertiary/aromatic N) is 2. The number of rotatable bonds is 7. The zero-order valence-electron chi connectivity index (χ0n) is 19.7. The summed E-state index contributed by atoms with van der Waals surface area (Å²) in [6.45, 7) is 0. The number of benzene rings is 4. The third-order valence-corrected chi connectivity index (χ3v) is 7.07. The summed E-state index contributed by atoms with van der Waals surface area (Å²) in [4.78, 5) is -1.16. The van der Waals surface area contributed by atoms with Crippen LogP contribution in [0.5, 0.6) is 17.2 Å². The molecule has 4 aromatic carbocycles. The van der Waals surface area contributed by atoms with Gasteiger partial charge in [0.05, 0.1) is 32.2 Å². The standard InChI is InChI=1S/C23H20N4O9S2.Cu/c1-24-17-9-14(38(34,35)36)10-18(23(17)30)26-27-22-16(25-15-4-2-3-5-19(15)28)7-6-12-8-13(37(31,32)33)11-20(29)21(12)22;/h2-11,24-25,28-30H,1H3,(H,31,32,33)(H,34,35,36);. The number of azo groups is 1. The average Bonchev–Trinajstić information content (AvgIpc) is 2.84. The van der Waals surface area contributed by atoms with Crippen LogP contribution in [0, 0.1) is 0 Å². The monoisotopic (exact) mass is 623 g/mol. The number of para-hydroxylation sites is 2. The molecule has 209 valence electrons. The summed E-state index contributed by atoms with van der Waals surface area (Å²) in [7, 11) is -7.95. The van der Waals surface area contributed by atoms with Crippen LogP contribution in [-0.4, -0.2) is 48.3 Å². The summed E-state index contributed by atoms with van der Waals surface area (Å²) in [5, 5.41) is 45.0. The first-order chi connectivity index (χ1) is 17.8. The number of aromatic hydroxyl groups is 3. The Hall–Kier alpha value is -3.92. The Balaban J connectivity index is 0.00000420. The first-order valence-electron chi connectivity index (χ1n) is 10.6. The minimum atomic E-state index is -4.68. The van der Waals surface area contributed by atoms with Crippen molar-refractivity contribution in [2.75, 3.05) is 17.7 Å². The van der Waals surface area contributed by atoms with E-state index in [0.29, 0.717) is 0 Å². The summed E-state index contributed by atoms with van der Waals surface area (Å²) in [5.74, 6) is -1.23. The Labute approximate surface area is 232 Å². The van der Waals surface area contributed by atoms with Crippen LogP contribution in [0.1, 0.15) is 0 Å². The van der Waals surface area contributed by atoms with E-state index in [2.05, 4.69) is 20.9 Å². The molecule has 0 aliphatic heterocycles. The molecule has 0 bridgehead atoms. The molecular formula is C23H20CuN4O9S2. The smallest absolute Gasteiger partial charge is 0.294 e. The van der Waals surface area contributed by atoms with Crippen molar-refractivity contribution in [1.29, 1.82) is 0 Å². The molecule has 39 heavy (non-hydrogen) atoms. The first-order valence-corrected chi connectivity index (χ1v) is 13.4. The number of hydrogen-bond donors (Lipinski definition) is 7. The number of phenols is 3. The van der Waals surface area contributed by atoms with Gasteiger partial charge in [-0.15, -0.1) is 10.2 Å². The van der Waals surface area contributed by atoms with Gasteiger partial charge in [0.2, 0.25) is 0 Å². The van der Waals surface area contributed by atoms with Crippen LogP contribution in [0.2, 0.25) is 0 Å². The molecule has 0 aliphatic carbocycles. The van der Waals surface area contributed by atoms with E-state index in [-0.39, 0.29) is 62.0 Å². The fraction of sp³-hybridized carbons (Fsp3) is 0.0435. The van der Waals surface area contributed by atoms with Gasteiger partial charge in [-0.25, -0.2) is 0 Å². The number of hydrogen-bond acceptors (Lipinski definition) is 11. The molecule has 0 unspecified atom stereocenters. The van der Waals surface area contributed by atoms with Gasteiger partial charge in [-0.2, -0.15) is 16.8 Å². The quantitative estimate of drug-likeness (QED) is 0.0650. The molecule has 0 atom stereocenters. The zero-order chi connectivity index (χ0) is 27.8. The van der Waals surface area contributed by atoms with E-state index >= 15 is 0 Å². The second kappa shape index (κ2) is 11.1. The Morgan fingerprint density at radius 1 is 0.718 bits per heavy atom. The molecule has 0 heterocycles. The van der Waals surface area contributed by atoms with Gasteiger partial charge in [0.1, 0.15) is 22.9 Å². The van der Waals surface area contributed by atoms with Gasteiger partial charge in [-0.1, -0.05) is 18.2 Å². The number of anilines is 3. The van der Waals surface area contributed by atoms with Gasteiger partial charge >= 0.3 is 0 Å². The molecule has 1 radical (unpaired) electrons. The van der Waals surface area contributed by atoms with Crippen LogP contribution in [0.3, 0.4) is 0 Å². The van der Waals surface area contributed by atoms with Crippen molar-refractivity contribution in [3.63, 3.8) is 0 Å². The van der Waals surface area contributed by atoms with E-state index in [9.17, 15) is 41.3 Å². The predicted molar refractivity (Wildman–Crippen MR) is 138 cm³/mol. The van der Waals surface area contributed by atoms with Crippen molar-refractivity contribution in [2.45, 2.75) is 9.79 Å². The van der Waals surface area contributed by atoms with Crippen LogP contribution in [0.25, 0.3) is 10.8 Å². The van der Waals surface area contributed by atoms with E-state index in [1.54, 1.807) is 18.2 Å². The van der Waals surface area contributed by atoms with Crippen molar-refractivity contribution in [2.24, 2.45) is 10.2 Å². The summed E-state index contributed by atoms with van der Waals surface area (Å²) in [6, 6.07) is 12.8. The fourth-order valence-corrected chi connectivity index (χ4v) is 4.65. The zero-order valence-corrected chi connectivity index (χ0v) is 22.2. The fourth-order valence-electron chi connectivity index (χ4n) is 3.59. The van der Waals surface area contributed by atoms with E-state index in [0.717, 1.165) is 24.3 Å². The number of phenolic OH excluding ortho intramolecular Hbond substituents is 3. The number of nitrogens with one attached hydrogen (secondary N) is 2. The molecule has 4 aromatic rings. The van der Waals surface area contributed by atoms with Gasteiger partial charge in [0.25, 0.3) is 20.2 Å². The maximum Gasteiger partial charge on any atom is 0.294 e. The van der Waals surface area contributed by atoms with Crippen molar-refractivity contribution in [3.05, 3.63) is 60.7 Å². The first kappa shape index (κ1) is 29.6. The van der Waals surface area contributed by atoms with Crippen molar-refractivity contribution in [3.8, 4) is 17.2 Å². The minimum absolute atomic E-state index is 0. The molecule has 0 saturated heterocycles. The molecule has 7 N–H and O–H groups in total. The summed E-state index contributed by atoms with van der Waals surface area (Å²) in [6.07, 6.45) is 0. The SMILES string of the molecule is CNc1cc(S(=O)(=O)O)cc(N=Nc2c(Nc3ccccc3O)ccc3cc(S(=O)(=O)O)cc(O)c23)c1O.[Cu]. The van der Waals surface area contributed by atoms with E-state index in [1.165, 1.54) is 25.2 Å². The average molecular weight is 624 g/mol. The van der Waals surface area contributed by atoms with Gasteiger partial charge < -0.3 is 26.0 Å². The van der Waals surface area contributed by atoms with Crippen molar-refractivity contribution >= 4 is 59.4 Å². The summed E-state index contributed by atoms with van der Waals surface area (Å²) >= 11 is 0. The van der Waals surface area contributed by atoms with Crippen molar-refractivity contribution in [1.82, 2.24) is 0 Å². The third kappa shape index (κ3) is 6.22. The normalized spacial score (nSPS) is 11.9. The van der Waals surface area contributed by atoms with Crippen LogP contribution < -0.4 is 10.6 Å². The Morgan fingerprint density at radius 2 is 1.36 bits per heavy atom. The van der Waals surface area contributed by atoms with Crippen LogP contribution in [-0.2, 0) is 37.3 Å². The van der Waals surface area contributed by atoms with Crippen molar-refractivity contribution < 1.29 is 58.3 Å². The summed E-state index contributed by atoms with van der Waals surface area (Å²) in [5.41, 5.74) is -0.153. The molecule has 13 nitrogen and oxygen atoms in total. The molecule has 0 spiro atoms. The van der Waals surface area contributed by atoms with E-state index in [1.807, 2.05) is 0 Å². The molecule has 0 amide bonds. The second-order valence-electron chi connectivity index (χ2n) is 7.88. The Kier molecular flexibility index (Phi) is 8.40. The summed E-state index contributed by atoms with van der Waals surface area (Å²) < 4.78 is 65.6. The van der Waals surface area contributed by atoms with Crippen LogP contribution in [0.15, 0.2) is 80.7 Å². The molecule has 0 fully saturated rings. The molecule has 0 aromatic heterocycles. The maximum atomic E-state index is 11.7. The maximum absolute atomic E-state index is 11.7. The second-order valence-corrected chi connectivity index (χ2v) is 10.7. The minimum Gasteiger partial charge on any atom is -0.507 e. The Bertz CT molecular complexity index is 1830. The molecule has 4 rings (SSSR count). The van der Waals surface area contributed by atoms with Gasteiger partial charge in [0, 0.05) is 30.2 Å².